The van der Waals surface area contributed by atoms with Gasteiger partial charge in [-0.15, -0.1) is 0 Å². The van der Waals surface area contributed by atoms with E-state index in [0.29, 0.717) is 12.6 Å². The summed E-state index contributed by atoms with van der Waals surface area (Å²) in [7, 11) is 0. The van der Waals surface area contributed by atoms with Crippen LogP contribution < -0.4 is 11.1 Å². The molecule has 0 bridgehead atoms. The smallest absolute Gasteiger partial charge is 0.304 e. The third kappa shape index (κ3) is 4.29. The molecule has 1 aliphatic carbocycles. The molecule has 1 saturated carbocycles. The Morgan fingerprint density at radius 2 is 1.87 bits per heavy atom. The standard InChI is InChI=1S/C10H18N2O3/c11-10(15)7-1-3-8(4-2-7)12-6-5-9(13)14/h7-8,12H,1-6H2,(H2,11,15)(H,13,14). The molecule has 0 aromatic carbocycles. The molecular formula is C10H18N2O3. The van der Waals surface area contributed by atoms with Crippen LogP contribution in [0, 0.1) is 5.92 Å². The van der Waals surface area contributed by atoms with E-state index in [2.05, 4.69) is 5.32 Å². The lowest BCUT2D eigenvalue weighted by Gasteiger charge is -2.27. The molecule has 1 amide bonds. The van der Waals surface area contributed by atoms with Crippen molar-refractivity contribution >= 4 is 11.9 Å². The number of carbonyl (C=O) groups is 2. The zero-order valence-electron chi connectivity index (χ0n) is 8.74. The van der Waals surface area contributed by atoms with E-state index in [4.69, 9.17) is 10.8 Å². The number of rotatable bonds is 5. The molecule has 0 saturated heterocycles. The minimum absolute atomic E-state index is 0.0162. The normalized spacial score (nSPS) is 26.1. The molecule has 5 heteroatoms. The van der Waals surface area contributed by atoms with Gasteiger partial charge >= 0.3 is 5.97 Å². The van der Waals surface area contributed by atoms with E-state index in [9.17, 15) is 9.59 Å². The van der Waals surface area contributed by atoms with Crippen LogP contribution in [0.2, 0.25) is 0 Å². The van der Waals surface area contributed by atoms with Crippen LogP contribution >= 0.6 is 0 Å². The fourth-order valence-electron chi connectivity index (χ4n) is 1.97. The maximum Gasteiger partial charge on any atom is 0.304 e. The first-order chi connectivity index (χ1) is 7.09. The van der Waals surface area contributed by atoms with Gasteiger partial charge in [0.05, 0.1) is 6.42 Å². The first-order valence-electron chi connectivity index (χ1n) is 5.34. The summed E-state index contributed by atoms with van der Waals surface area (Å²) in [5.74, 6) is -0.977. The van der Waals surface area contributed by atoms with Crippen LogP contribution in [0.3, 0.4) is 0 Å². The molecule has 0 aromatic rings. The molecule has 1 rings (SSSR count). The van der Waals surface area contributed by atoms with E-state index >= 15 is 0 Å². The van der Waals surface area contributed by atoms with E-state index in [0.717, 1.165) is 25.7 Å². The van der Waals surface area contributed by atoms with Crippen molar-refractivity contribution in [3.8, 4) is 0 Å². The Morgan fingerprint density at radius 3 is 2.33 bits per heavy atom. The molecule has 0 radical (unpaired) electrons. The molecule has 4 N–H and O–H groups in total. The average molecular weight is 214 g/mol. The molecular weight excluding hydrogens is 196 g/mol. The molecule has 5 nitrogen and oxygen atoms in total. The number of carbonyl (C=O) groups excluding carboxylic acids is 1. The number of carboxylic acid groups (broad SMARTS) is 1. The van der Waals surface area contributed by atoms with Crippen molar-refractivity contribution < 1.29 is 14.7 Å². The van der Waals surface area contributed by atoms with Crippen molar-refractivity contribution in [2.45, 2.75) is 38.1 Å². The third-order valence-electron chi connectivity index (χ3n) is 2.90. The van der Waals surface area contributed by atoms with Crippen LogP contribution in [0.5, 0.6) is 0 Å². The highest BCUT2D eigenvalue weighted by atomic mass is 16.4. The molecule has 0 aliphatic heterocycles. The highest BCUT2D eigenvalue weighted by Crippen LogP contribution is 2.23. The fraction of sp³-hybridized carbons (Fsp3) is 0.800. The Hall–Kier alpha value is -1.10. The summed E-state index contributed by atoms with van der Waals surface area (Å²) in [6.45, 7) is 0.501. The van der Waals surface area contributed by atoms with Crippen molar-refractivity contribution in [2.75, 3.05) is 6.54 Å². The first-order valence-corrected chi connectivity index (χ1v) is 5.34. The summed E-state index contributed by atoms with van der Waals surface area (Å²) in [6.07, 6.45) is 3.61. The summed E-state index contributed by atoms with van der Waals surface area (Å²) in [6, 6.07) is 0.347. The topological polar surface area (TPSA) is 92.4 Å². The molecule has 0 aromatic heterocycles. The number of hydrogen-bond acceptors (Lipinski definition) is 3. The van der Waals surface area contributed by atoms with Crippen molar-refractivity contribution in [1.29, 1.82) is 0 Å². The maximum atomic E-state index is 10.9. The van der Waals surface area contributed by atoms with Gasteiger partial charge in [0, 0.05) is 18.5 Å². The Balaban J connectivity index is 2.14. The quantitative estimate of drug-likeness (QED) is 0.605. The van der Waals surface area contributed by atoms with E-state index in [1.54, 1.807) is 0 Å². The lowest BCUT2D eigenvalue weighted by Crippen LogP contribution is -2.37. The van der Waals surface area contributed by atoms with Crippen LogP contribution in [0.15, 0.2) is 0 Å². The fourth-order valence-corrected chi connectivity index (χ4v) is 1.97. The van der Waals surface area contributed by atoms with Gasteiger partial charge in [0.15, 0.2) is 0 Å². The second kappa shape index (κ2) is 5.70. The van der Waals surface area contributed by atoms with Gasteiger partial charge in [-0.1, -0.05) is 0 Å². The summed E-state index contributed by atoms with van der Waals surface area (Å²) in [4.78, 5) is 21.2. The summed E-state index contributed by atoms with van der Waals surface area (Å²) < 4.78 is 0. The Morgan fingerprint density at radius 1 is 1.27 bits per heavy atom. The van der Waals surface area contributed by atoms with Gasteiger partial charge in [-0.3, -0.25) is 9.59 Å². The molecule has 0 heterocycles. The van der Waals surface area contributed by atoms with E-state index in [1.165, 1.54) is 0 Å². The Labute approximate surface area is 89.0 Å². The number of nitrogens with two attached hydrogens (primary N) is 1. The summed E-state index contributed by atoms with van der Waals surface area (Å²) in [5.41, 5.74) is 5.22. The largest absolute Gasteiger partial charge is 0.481 e. The summed E-state index contributed by atoms with van der Waals surface area (Å²) >= 11 is 0. The molecule has 86 valence electrons. The number of carboxylic acids is 1. The highest BCUT2D eigenvalue weighted by Gasteiger charge is 2.24. The molecule has 1 aliphatic rings. The second-order valence-electron chi connectivity index (χ2n) is 4.05. The van der Waals surface area contributed by atoms with Crippen LogP contribution in [-0.2, 0) is 9.59 Å². The van der Waals surface area contributed by atoms with Gasteiger partial charge in [0.1, 0.15) is 0 Å². The SMILES string of the molecule is NC(=O)C1CCC(NCCC(=O)O)CC1. The van der Waals surface area contributed by atoms with Crippen molar-refractivity contribution in [3.63, 3.8) is 0 Å². The number of amides is 1. The van der Waals surface area contributed by atoms with Gasteiger partial charge < -0.3 is 16.2 Å². The summed E-state index contributed by atoms with van der Waals surface area (Å²) in [5, 5.41) is 11.6. The Bertz CT molecular complexity index is 232. The van der Waals surface area contributed by atoms with Crippen LogP contribution in [-0.4, -0.2) is 29.6 Å². The van der Waals surface area contributed by atoms with Gasteiger partial charge in [-0.25, -0.2) is 0 Å². The predicted molar refractivity (Wildman–Crippen MR) is 55.2 cm³/mol. The molecule has 0 spiro atoms. The van der Waals surface area contributed by atoms with Crippen molar-refractivity contribution in [1.82, 2.24) is 5.32 Å². The third-order valence-corrected chi connectivity index (χ3v) is 2.90. The average Bonchev–Trinajstić information content (AvgIpc) is 2.18. The maximum absolute atomic E-state index is 10.9. The molecule has 1 fully saturated rings. The second-order valence-corrected chi connectivity index (χ2v) is 4.05. The van der Waals surface area contributed by atoms with E-state index in [1.807, 2.05) is 0 Å². The zero-order chi connectivity index (χ0) is 11.3. The molecule has 0 atom stereocenters. The van der Waals surface area contributed by atoms with Gasteiger partial charge in [-0.2, -0.15) is 0 Å². The number of nitrogens with one attached hydrogen (secondary N) is 1. The van der Waals surface area contributed by atoms with Crippen LogP contribution in [0.25, 0.3) is 0 Å². The van der Waals surface area contributed by atoms with Gasteiger partial charge in [0.25, 0.3) is 0 Å². The van der Waals surface area contributed by atoms with E-state index < -0.39 is 5.97 Å². The van der Waals surface area contributed by atoms with Gasteiger partial charge in [-0.05, 0) is 25.7 Å². The Kier molecular flexibility index (Phi) is 4.55. The van der Waals surface area contributed by atoms with Crippen molar-refractivity contribution in [3.05, 3.63) is 0 Å². The number of aliphatic carboxylic acids is 1. The predicted octanol–water partition coefficient (Wildman–Crippen LogP) is 0.0948. The van der Waals surface area contributed by atoms with Crippen molar-refractivity contribution in [2.24, 2.45) is 11.7 Å². The van der Waals surface area contributed by atoms with Gasteiger partial charge in [0.2, 0.25) is 5.91 Å². The monoisotopic (exact) mass is 214 g/mol. The molecule has 15 heavy (non-hydrogen) atoms. The van der Waals surface area contributed by atoms with E-state index in [-0.39, 0.29) is 18.2 Å². The van der Waals surface area contributed by atoms with Crippen LogP contribution in [0.4, 0.5) is 0 Å². The minimum Gasteiger partial charge on any atom is -0.481 e. The minimum atomic E-state index is -0.784. The number of hydrogen-bond donors (Lipinski definition) is 3. The highest BCUT2D eigenvalue weighted by molar-refractivity contribution is 5.76. The number of primary amides is 1. The lowest BCUT2D eigenvalue weighted by atomic mass is 9.85. The molecule has 0 unspecified atom stereocenters. The van der Waals surface area contributed by atoms with Crippen LogP contribution in [0.1, 0.15) is 32.1 Å². The zero-order valence-corrected chi connectivity index (χ0v) is 8.74. The first kappa shape index (κ1) is 12.0. The lowest BCUT2D eigenvalue weighted by molar-refractivity contribution is -0.136.